The van der Waals surface area contributed by atoms with Crippen LogP contribution in [-0.4, -0.2) is 25.8 Å². The summed E-state index contributed by atoms with van der Waals surface area (Å²) in [5.41, 5.74) is 3.68. The van der Waals surface area contributed by atoms with E-state index in [2.05, 4.69) is 84.4 Å². The molecule has 0 atom stereocenters. The van der Waals surface area contributed by atoms with Crippen LogP contribution in [-0.2, 0) is 6.54 Å². The maximum Gasteiger partial charge on any atom is 0.205 e. The first-order valence-electron chi connectivity index (χ1n) is 9.75. The second-order valence-electron chi connectivity index (χ2n) is 6.98. The van der Waals surface area contributed by atoms with Crippen LogP contribution < -0.4 is 33.4 Å². The number of hydrogen-bond acceptors (Lipinski definition) is 2. The van der Waals surface area contributed by atoms with Gasteiger partial charge in [-0.15, -0.1) is 0 Å². The summed E-state index contributed by atoms with van der Waals surface area (Å²) in [6.07, 6.45) is 13.6. The first-order valence-corrected chi connectivity index (χ1v) is 9.75. The van der Waals surface area contributed by atoms with Gasteiger partial charge in [0.2, 0.25) is 5.69 Å². The molecule has 27 heavy (non-hydrogen) atoms. The number of benzene rings is 1. The van der Waals surface area contributed by atoms with Gasteiger partial charge in [0.05, 0.1) is 0 Å². The number of halogens is 1. The Hall–Kier alpha value is -1.40. The molecule has 0 radical (unpaired) electrons. The maximum atomic E-state index is 8.81. The van der Waals surface area contributed by atoms with Crippen molar-refractivity contribution in [3.63, 3.8) is 0 Å². The molecule has 1 heterocycles. The van der Waals surface area contributed by atoms with E-state index >= 15 is 0 Å². The molecule has 0 amide bonds. The summed E-state index contributed by atoms with van der Waals surface area (Å²) in [6, 6.07) is 15.0. The SMILES string of the molecule is CN(C)c1ccc(/C=C/c2cccc[n+]2CCCCCCCCO)cc1.[I-]. The fourth-order valence-electron chi connectivity index (χ4n) is 3.01. The summed E-state index contributed by atoms with van der Waals surface area (Å²) in [4.78, 5) is 2.11. The Morgan fingerprint density at radius 3 is 2.19 bits per heavy atom. The Morgan fingerprint density at radius 2 is 1.52 bits per heavy atom. The largest absolute Gasteiger partial charge is 1.00 e. The van der Waals surface area contributed by atoms with E-state index in [0.717, 1.165) is 19.4 Å². The highest BCUT2D eigenvalue weighted by Gasteiger charge is 2.06. The molecule has 0 saturated carbocycles. The van der Waals surface area contributed by atoms with Crippen LogP contribution in [0.15, 0.2) is 48.7 Å². The summed E-state index contributed by atoms with van der Waals surface area (Å²) in [5.74, 6) is 0. The van der Waals surface area contributed by atoms with Crippen molar-refractivity contribution in [2.45, 2.75) is 45.1 Å². The minimum atomic E-state index is 0. The molecule has 3 nitrogen and oxygen atoms in total. The van der Waals surface area contributed by atoms with Crippen molar-refractivity contribution in [1.82, 2.24) is 0 Å². The Kier molecular flexibility index (Phi) is 12.0. The van der Waals surface area contributed by atoms with Gasteiger partial charge in [-0.25, -0.2) is 0 Å². The van der Waals surface area contributed by atoms with Crippen molar-refractivity contribution >= 4 is 17.8 Å². The van der Waals surface area contributed by atoms with Crippen molar-refractivity contribution in [2.24, 2.45) is 0 Å². The quantitative estimate of drug-likeness (QED) is 0.300. The van der Waals surface area contributed by atoms with Crippen LogP contribution in [0.1, 0.15) is 49.8 Å². The van der Waals surface area contributed by atoms with E-state index in [9.17, 15) is 0 Å². The average Bonchev–Trinajstić information content (AvgIpc) is 2.66. The molecule has 0 saturated heterocycles. The van der Waals surface area contributed by atoms with Gasteiger partial charge >= 0.3 is 0 Å². The van der Waals surface area contributed by atoms with Gasteiger partial charge in [-0.05, 0) is 42.7 Å². The number of anilines is 1. The van der Waals surface area contributed by atoms with Crippen LogP contribution in [0.2, 0.25) is 0 Å². The molecule has 0 unspecified atom stereocenters. The fraction of sp³-hybridized carbons (Fsp3) is 0.435. The highest BCUT2D eigenvalue weighted by molar-refractivity contribution is 5.68. The van der Waals surface area contributed by atoms with Crippen LogP contribution in [0.5, 0.6) is 0 Å². The average molecular weight is 480 g/mol. The summed E-state index contributed by atoms with van der Waals surface area (Å²) < 4.78 is 2.33. The summed E-state index contributed by atoms with van der Waals surface area (Å²) in [7, 11) is 4.12. The molecule has 0 bridgehead atoms. The number of unbranched alkanes of at least 4 members (excludes halogenated alkanes) is 5. The predicted molar refractivity (Wildman–Crippen MR) is 111 cm³/mol. The molecule has 1 aromatic heterocycles. The fourth-order valence-corrected chi connectivity index (χ4v) is 3.01. The highest BCUT2D eigenvalue weighted by atomic mass is 127. The number of nitrogens with zero attached hydrogens (tertiary/aromatic N) is 2. The van der Waals surface area contributed by atoms with E-state index in [4.69, 9.17) is 5.11 Å². The zero-order chi connectivity index (χ0) is 18.6. The first kappa shape index (κ1) is 23.6. The molecule has 1 N–H and O–H groups in total. The third kappa shape index (κ3) is 8.89. The molecule has 0 aliphatic carbocycles. The van der Waals surface area contributed by atoms with Gasteiger partial charge in [0.25, 0.3) is 0 Å². The number of aliphatic hydroxyl groups excluding tert-OH is 1. The van der Waals surface area contributed by atoms with Crippen LogP contribution in [0.4, 0.5) is 5.69 Å². The van der Waals surface area contributed by atoms with Crippen molar-refractivity contribution in [3.05, 3.63) is 59.9 Å². The lowest BCUT2D eigenvalue weighted by Crippen LogP contribution is -3.00. The summed E-state index contributed by atoms with van der Waals surface area (Å²) in [5, 5.41) is 8.81. The van der Waals surface area contributed by atoms with E-state index in [1.807, 2.05) is 0 Å². The van der Waals surface area contributed by atoms with Gasteiger partial charge in [0, 0.05) is 51.0 Å². The van der Waals surface area contributed by atoms with Gasteiger partial charge in [0.15, 0.2) is 6.20 Å². The van der Waals surface area contributed by atoms with Gasteiger partial charge in [-0.3, -0.25) is 0 Å². The molecule has 0 aliphatic heterocycles. The lowest BCUT2D eigenvalue weighted by Gasteiger charge is -2.11. The standard InChI is InChI=1S/C23H33N2O.HI/c1-24(2)22-15-12-21(13-16-22)14-17-23-11-7-9-19-25(23)18-8-5-3-4-6-10-20-26;/h7,9,11-17,19,26H,3-6,8,10,18,20H2,1-2H3;1H/q+1;/p-1. The maximum absolute atomic E-state index is 8.81. The molecule has 1 aromatic carbocycles. The van der Waals surface area contributed by atoms with E-state index in [0.29, 0.717) is 6.61 Å². The normalized spacial score (nSPS) is 10.8. The van der Waals surface area contributed by atoms with Crippen LogP contribution in [0.3, 0.4) is 0 Å². The monoisotopic (exact) mass is 480 g/mol. The number of hydrogen-bond donors (Lipinski definition) is 1. The molecular weight excluding hydrogens is 447 g/mol. The van der Waals surface area contributed by atoms with Crippen molar-refractivity contribution < 1.29 is 33.7 Å². The topological polar surface area (TPSA) is 27.4 Å². The lowest BCUT2D eigenvalue weighted by atomic mass is 10.1. The summed E-state index contributed by atoms with van der Waals surface area (Å²) in [6.45, 7) is 1.38. The number of pyridine rings is 1. The Bertz CT molecular complexity index is 668. The predicted octanol–water partition coefficient (Wildman–Crippen LogP) is 1.55. The number of aliphatic hydroxyl groups is 1. The van der Waals surface area contributed by atoms with E-state index in [-0.39, 0.29) is 24.0 Å². The molecule has 4 heteroatoms. The molecule has 0 fully saturated rings. The van der Waals surface area contributed by atoms with Crippen LogP contribution in [0.25, 0.3) is 12.2 Å². The molecule has 2 aromatic rings. The highest BCUT2D eigenvalue weighted by Crippen LogP contribution is 2.14. The molecule has 2 rings (SSSR count). The zero-order valence-electron chi connectivity index (χ0n) is 16.6. The number of aryl methyl sites for hydroxylation is 1. The minimum Gasteiger partial charge on any atom is -1.00 e. The Labute approximate surface area is 181 Å². The van der Waals surface area contributed by atoms with Crippen molar-refractivity contribution in [2.75, 3.05) is 25.6 Å². The third-order valence-electron chi connectivity index (χ3n) is 4.64. The van der Waals surface area contributed by atoms with E-state index < -0.39 is 0 Å². The van der Waals surface area contributed by atoms with Crippen LogP contribution in [0, 0.1) is 0 Å². The number of rotatable bonds is 11. The van der Waals surface area contributed by atoms with E-state index in [1.165, 1.54) is 42.6 Å². The zero-order valence-corrected chi connectivity index (χ0v) is 18.8. The minimum absolute atomic E-state index is 0. The van der Waals surface area contributed by atoms with Gasteiger partial charge in [-0.1, -0.05) is 31.4 Å². The van der Waals surface area contributed by atoms with E-state index in [1.54, 1.807) is 0 Å². The molecule has 0 aliphatic rings. The summed E-state index contributed by atoms with van der Waals surface area (Å²) >= 11 is 0. The molecule has 148 valence electrons. The smallest absolute Gasteiger partial charge is 0.205 e. The van der Waals surface area contributed by atoms with Crippen molar-refractivity contribution in [1.29, 1.82) is 0 Å². The first-order chi connectivity index (χ1) is 12.7. The second-order valence-corrected chi connectivity index (χ2v) is 6.98. The van der Waals surface area contributed by atoms with Gasteiger partial charge in [0.1, 0.15) is 6.54 Å². The van der Waals surface area contributed by atoms with Gasteiger partial charge in [-0.2, -0.15) is 4.57 Å². The third-order valence-corrected chi connectivity index (χ3v) is 4.64. The lowest BCUT2D eigenvalue weighted by molar-refractivity contribution is -0.699. The molecular formula is C23H33IN2O. The Balaban J connectivity index is 0.00000364. The van der Waals surface area contributed by atoms with Crippen molar-refractivity contribution in [3.8, 4) is 0 Å². The molecule has 0 spiro atoms. The Morgan fingerprint density at radius 1 is 0.852 bits per heavy atom. The second kappa shape index (κ2) is 13.7. The van der Waals surface area contributed by atoms with Gasteiger partial charge < -0.3 is 34.0 Å². The van der Waals surface area contributed by atoms with Crippen LogP contribution >= 0.6 is 0 Å². The number of aromatic nitrogens is 1.